The summed E-state index contributed by atoms with van der Waals surface area (Å²) in [4.78, 5) is 8.44. The van der Waals surface area contributed by atoms with E-state index in [0.29, 0.717) is 0 Å². The number of halogens is 1. The van der Waals surface area contributed by atoms with Gasteiger partial charge in [0.05, 0.1) is 4.90 Å². The van der Waals surface area contributed by atoms with Gasteiger partial charge in [-0.25, -0.2) is 8.42 Å². The van der Waals surface area contributed by atoms with Crippen LogP contribution < -0.4 is 0 Å². The van der Waals surface area contributed by atoms with Gasteiger partial charge in [0.25, 0.3) is 9.05 Å². The second kappa shape index (κ2) is 9.11. The summed E-state index contributed by atoms with van der Waals surface area (Å²) in [5.74, 6) is 0. The third-order valence-electron chi connectivity index (χ3n) is 1.02. The van der Waals surface area contributed by atoms with Crippen LogP contribution in [0.2, 0.25) is 0 Å². The van der Waals surface area contributed by atoms with Crippen LogP contribution >= 0.6 is 10.7 Å². The molecule has 0 heterocycles. The molecule has 0 fully saturated rings. The fourth-order valence-electron chi connectivity index (χ4n) is 0.583. The molecule has 1 aromatic rings. The van der Waals surface area contributed by atoms with E-state index in [-0.39, 0.29) is 4.90 Å². The van der Waals surface area contributed by atoms with Crippen molar-refractivity contribution in [2.24, 2.45) is 0 Å². The standard InChI is InChI=1S/C6H5ClO2S.C2H6.CH3NO2/c7-10(8,9)6-4-2-1-3-5-6;1-2;1-2(3)4/h1-5H;1-2H3;1H3. The van der Waals surface area contributed by atoms with Crippen molar-refractivity contribution in [3.8, 4) is 0 Å². The summed E-state index contributed by atoms with van der Waals surface area (Å²) in [7, 11) is 2.39. The van der Waals surface area contributed by atoms with Crippen LogP contribution in [0.3, 0.4) is 0 Å². The smallest absolute Gasteiger partial charge is 0.261 e. The summed E-state index contributed by atoms with van der Waals surface area (Å²) >= 11 is 0. The van der Waals surface area contributed by atoms with Gasteiger partial charge in [-0.15, -0.1) is 0 Å². The predicted molar refractivity (Wildman–Crippen MR) is 63.7 cm³/mol. The molecule has 0 saturated heterocycles. The normalized spacial score (nSPS) is 9.00. The minimum atomic E-state index is -3.53. The summed E-state index contributed by atoms with van der Waals surface area (Å²) in [5.41, 5.74) is 0. The number of rotatable bonds is 1. The summed E-state index contributed by atoms with van der Waals surface area (Å²) in [6.45, 7) is 4.00. The zero-order chi connectivity index (χ0) is 13.2. The van der Waals surface area contributed by atoms with Crippen molar-refractivity contribution in [3.63, 3.8) is 0 Å². The number of hydrogen-bond donors (Lipinski definition) is 0. The average Bonchev–Trinajstić information content (AvgIpc) is 2.20. The molecule has 0 atom stereocenters. The molecule has 0 aromatic heterocycles. The third-order valence-corrected chi connectivity index (χ3v) is 2.39. The Morgan fingerprint density at radius 3 is 1.69 bits per heavy atom. The Kier molecular flexibility index (Phi) is 9.83. The lowest BCUT2D eigenvalue weighted by Crippen LogP contribution is -1.87. The molecule has 0 amide bonds. The highest BCUT2D eigenvalue weighted by atomic mass is 35.7. The van der Waals surface area contributed by atoms with Crippen LogP contribution in [-0.2, 0) is 9.05 Å². The first-order valence-electron chi connectivity index (χ1n) is 4.41. The van der Waals surface area contributed by atoms with Gasteiger partial charge in [0.15, 0.2) is 7.05 Å². The summed E-state index contributed by atoms with van der Waals surface area (Å²) in [6, 6.07) is 7.86. The van der Waals surface area contributed by atoms with Gasteiger partial charge in [0, 0.05) is 15.6 Å². The largest absolute Gasteiger partial charge is 0.265 e. The molecule has 0 radical (unpaired) electrons. The highest BCUT2D eigenvalue weighted by Gasteiger charge is 2.06. The van der Waals surface area contributed by atoms with Crippen molar-refractivity contribution in [2.45, 2.75) is 18.7 Å². The molecule has 0 bridgehead atoms. The lowest BCUT2D eigenvalue weighted by molar-refractivity contribution is -0.445. The van der Waals surface area contributed by atoms with Gasteiger partial charge in [-0.3, -0.25) is 10.1 Å². The van der Waals surface area contributed by atoms with Gasteiger partial charge < -0.3 is 0 Å². The van der Waals surface area contributed by atoms with Crippen LogP contribution in [0.15, 0.2) is 35.2 Å². The lowest BCUT2D eigenvalue weighted by atomic mass is 10.4. The molecule has 0 saturated carbocycles. The summed E-state index contributed by atoms with van der Waals surface area (Å²) in [6.07, 6.45) is 0. The summed E-state index contributed by atoms with van der Waals surface area (Å²) in [5, 5.41) is 8.81. The highest BCUT2D eigenvalue weighted by Crippen LogP contribution is 2.12. The van der Waals surface area contributed by atoms with Crippen LogP contribution in [0.5, 0.6) is 0 Å². The second-order valence-corrected chi connectivity index (χ2v) is 4.76. The molecule has 1 aromatic carbocycles. The van der Waals surface area contributed by atoms with Gasteiger partial charge in [0.1, 0.15) is 0 Å². The molecule has 0 unspecified atom stereocenters. The molecule has 92 valence electrons. The molecule has 5 nitrogen and oxygen atoms in total. The van der Waals surface area contributed by atoms with Crippen LogP contribution in [0, 0.1) is 10.1 Å². The molecule has 0 aliphatic carbocycles. The maximum absolute atomic E-state index is 10.6. The van der Waals surface area contributed by atoms with E-state index in [4.69, 9.17) is 20.8 Å². The first kappa shape index (κ1) is 17.3. The molecular formula is C9H14ClNO4S. The Hall–Kier alpha value is -1.14. The Morgan fingerprint density at radius 1 is 1.19 bits per heavy atom. The van der Waals surface area contributed by atoms with Gasteiger partial charge >= 0.3 is 0 Å². The first-order chi connectivity index (χ1) is 7.34. The van der Waals surface area contributed by atoms with Gasteiger partial charge in [-0.1, -0.05) is 32.0 Å². The molecule has 1 rings (SSSR count). The minimum absolute atomic E-state index is 0.136. The number of benzene rings is 1. The molecule has 0 N–H and O–H groups in total. The van der Waals surface area contributed by atoms with Crippen LogP contribution in [-0.4, -0.2) is 20.4 Å². The zero-order valence-corrected chi connectivity index (χ0v) is 10.8. The van der Waals surface area contributed by atoms with E-state index in [1.54, 1.807) is 18.2 Å². The molecule has 7 heteroatoms. The Bertz CT molecular complexity index is 387. The molecule has 0 spiro atoms. The van der Waals surface area contributed by atoms with E-state index >= 15 is 0 Å². The van der Waals surface area contributed by atoms with Crippen molar-refractivity contribution < 1.29 is 13.3 Å². The van der Waals surface area contributed by atoms with Crippen molar-refractivity contribution in [3.05, 3.63) is 40.4 Å². The third kappa shape index (κ3) is 10.9. The first-order valence-corrected chi connectivity index (χ1v) is 6.72. The maximum atomic E-state index is 10.6. The van der Waals surface area contributed by atoms with Gasteiger partial charge in [-0.2, -0.15) is 0 Å². The molecular weight excluding hydrogens is 254 g/mol. The SMILES string of the molecule is CC.C[N+](=O)[O-].O=S(=O)(Cl)c1ccccc1. The van der Waals surface area contributed by atoms with E-state index in [1.165, 1.54) is 12.1 Å². The Balaban J connectivity index is 0. The predicted octanol–water partition coefficient (Wildman–Crippen LogP) is 2.53. The van der Waals surface area contributed by atoms with E-state index < -0.39 is 14.0 Å². The van der Waals surface area contributed by atoms with E-state index in [9.17, 15) is 8.42 Å². The maximum Gasteiger partial charge on any atom is 0.261 e. The van der Waals surface area contributed by atoms with Crippen LogP contribution in [0.25, 0.3) is 0 Å². The van der Waals surface area contributed by atoms with Crippen molar-refractivity contribution in [1.82, 2.24) is 0 Å². The monoisotopic (exact) mass is 267 g/mol. The molecule has 16 heavy (non-hydrogen) atoms. The van der Waals surface area contributed by atoms with Crippen molar-refractivity contribution >= 4 is 19.7 Å². The summed E-state index contributed by atoms with van der Waals surface area (Å²) < 4.78 is 21.2. The number of nitrogens with zero attached hydrogens (tertiary/aromatic N) is 1. The zero-order valence-electron chi connectivity index (χ0n) is 9.25. The van der Waals surface area contributed by atoms with Gasteiger partial charge in [-0.05, 0) is 12.1 Å². The number of nitro groups is 1. The van der Waals surface area contributed by atoms with E-state index in [1.807, 2.05) is 13.8 Å². The van der Waals surface area contributed by atoms with Crippen LogP contribution in [0.1, 0.15) is 13.8 Å². The fourth-order valence-corrected chi connectivity index (χ4v) is 1.37. The fraction of sp³-hybridized carbons (Fsp3) is 0.333. The Morgan fingerprint density at radius 2 is 1.50 bits per heavy atom. The molecule has 0 aliphatic heterocycles. The quantitative estimate of drug-likeness (QED) is 0.445. The average molecular weight is 268 g/mol. The van der Waals surface area contributed by atoms with E-state index in [2.05, 4.69) is 0 Å². The van der Waals surface area contributed by atoms with Crippen molar-refractivity contribution in [2.75, 3.05) is 7.05 Å². The lowest BCUT2D eigenvalue weighted by Gasteiger charge is -1.91. The second-order valence-electron chi connectivity index (χ2n) is 2.19. The molecule has 0 aliphatic rings. The number of hydrogen-bond acceptors (Lipinski definition) is 4. The van der Waals surface area contributed by atoms with E-state index in [0.717, 1.165) is 7.05 Å². The topological polar surface area (TPSA) is 77.3 Å². The van der Waals surface area contributed by atoms with Crippen molar-refractivity contribution in [1.29, 1.82) is 0 Å². The highest BCUT2D eigenvalue weighted by molar-refractivity contribution is 8.13. The Labute approximate surface area is 99.6 Å². The van der Waals surface area contributed by atoms with Crippen LogP contribution in [0.4, 0.5) is 0 Å². The minimum Gasteiger partial charge on any atom is -0.265 e. The van der Waals surface area contributed by atoms with Gasteiger partial charge in [0.2, 0.25) is 0 Å².